The molecule has 0 aliphatic heterocycles. The van der Waals surface area contributed by atoms with E-state index in [9.17, 15) is 0 Å². The molecule has 0 aliphatic carbocycles. The van der Waals surface area contributed by atoms with Crippen molar-refractivity contribution in [3.05, 3.63) is 170 Å². The fourth-order valence-corrected chi connectivity index (χ4v) is 7.46. The summed E-state index contributed by atoms with van der Waals surface area (Å²) in [5.74, 6) is 0.704. The quantitative estimate of drug-likeness (QED) is 0.144. The molecule has 10 aromatic rings. The maximum Gasteiger partial charge on any atom is 0.161 e. The molecule has 2 heterocycles. The van der Waals surface area contributed by atoms with Gasteiger partial charge >= 0.3 is 0 Å². The number of furan rings is 1. The number of para-hydroxylation sites is 1. The maximum absolute atomic E-state index is 6.30. The molecule has 0 unspecified atom stereocenters. The third-order valence-electron chi connectivity index (χ3n) is 9.69. The van der Waals surface area contributed by atoms with Crippen molar-refractivity contribution >= 4 is 54.3 Å². The summed E-state index contributed by atoms with van der Waals surface area (Å²) in [6.45, 7) is 0. The van der Waals surface area contributed by atoms with Crippen LogP contribution in [0.15, 0.2) is 174 Å². The predicted molar refractivity (Wildman–Crippen MR) is 204 cm³/mol. The number of nitrogens with zero attached hydrogens (tertiary/aromatic N) is 2. The Morgan fingerprint density at radius 3 is 1.90 bits per heavy atom. The van der Waals surface area contributed by atoms with E-state index in [0.717, 1.165) is 77.3 Å². The first-order chi connectivity index (χ1) is 24.3. The van der Waals surface area contributed by atoms with Crippen molar-refractivity contribution in [1.82, 2.24) is 9.97 Å². The zero-order valence-corrected chi connectivity index (χ0v) is 26.5. The molecular formula is C46H28N2O. The van der Waals surface area contributed by atoms with E-state index in [-0.39, 0.29) is 0 Å². The molecule has 49 heavy (non-hydrogen) atoms. The summed E-state index contributed by atoms with van der Waals surface area (Å²) in [5, 5.41) is 9.26. The van der Waals surface area contributed by atoms with Crippen LogP contribution in [-0.2, 0) is 0 Å². The third-order valence-corrected chi connectivity index (χ3v) is 9.69. The van der Waals surface area contributed by atoms with Gasteiger partial charge in [0.05, 0.1) is 11.4 Å². The van der Waals surface area contributed by atoms with E-state index in [1.54, 1.807) is 0 Å². The second-order valence-corrected chi connectivity index (χ2v) is 12.5. The van der Waals surface area contributed by atoms with Crippen molar-refractivity contribution in [2.24, 2.45) is 0 Å². The number of hydrogen-bond acceptors (Lipinski definition) is 3. The molecule has 0 bridgehead atoms. The summed E-state index contributed by atoms with van der Waals surface area (Å²) in [7, 11) is 0. The second kappa shape index (κ2) is 11.0. The van der Waals surface area contributed by atoms with Gasteiger partial charge in [0.2, 0.25) is 0 Å². The van der Waals surface area contributed by atoms with Gasteiger partial charge in [-0.05, 0) is 67.7 Å². The van der Waals surface area contributed by atoms with Crippen molar-refractivity contribution in [1.29, 1.82) is 0 Å². The van der Waals surface area contributed by atoms with Gasteiger partial charge in [-0.25, -0.2) is 9.97 Å². The molecule has 10 rings (SSSR count). The molecular weight excluding hydrogens is 597 g/mol. The normalized spacial score (nSPS) is 11.7. The summed E-state index contributed by atoms with van der Waals surface area (Å²) < 4.78 is 6.30. The van der Waals surface area contributed by atoms with E-state index in [0.29, 0.717) is 5.82 Å². The smallest absolute Gasteiger partial charge is 0.161 e. The summed E-state index contributed by atoms with van der Waals surface area (Å²) in [4.78, 5) is 10.8. The van der Waals surface area contributed by atoms with Gasteiger partial charge in [0.15, 0.2) is 5.82 Å². The van der Waals surface area contributed by atoms with Gasteiger partial charge in [-0.2, -0.15) is 0 Å². The monoisotopic (exact) mass is 624 g/mol. The fraction of sp³-hybridized carbons (Fsp3) is 0. The van der Waals surface area contributed by atoms with Crippen molar-refractivity contribution in [3.8, 4) is 45.0 Å². The van der Waals surface area contributed by atoms with Crippen LogP contribution >= 0.6 is 0 Å². The number of fused-ring (bicyclic) bond motifs is 7. The van der Waals surface area contributed by atoms with Crippen LogP contribution in [0, 0.1) is 0 Å². The van der Waals surface area contributed by atoms with Gasteiger partial charge in [-0.3, -0.25) is 0 Å². The largest absolute Gasteiger partial charge is 0.456 e. The lowest BCUT2D eigenvalue weighted by Crippen LogP contribution is -1.98. The van der Waals surface area contributed by atoms with Crippen LogP contribution < -0.4 is 0 Å². The lowest BCUT2D eigenvalue weighted by atomic mass is 9.92. The highest BCUT2D eigenvalue weighted by molar-refractivity contribution is 6.19. The Morgan fingerprint density at radius 1 is 0.367 bits per heavy atom. The van der Waals surface area contributed by atoms with E-state index in [4.69, 9.17) is 14.4 Å². The van der Waals surface area contributed by atoms with Gasteiger partial charge in [-0.1, -0.05) is 146 Å². The number of benzene rings is 8. The Morgan fingerprint density at radius 2 is 1.02 bits per heavy atom. The van der Waals surface area contributed by atoms with Gasteiger partial charge in [0, 0.05) is 27.5 Å². The average molecular weight is 625 g/mol. The van der Waals surface area contributed by atoms with E-state index >= 15 is 0 Å². The molecule has 0 fully saturated rings. The molecule has 0 saturated carbocycles. The zero-order valence-electron chi connectivity index (χ0n) is 26.5. The zero-order chi connectivity index (χ0) is 32.3. The van der Waals surface area contributed by atoms with E-state index < -0.39 is 0 Å². The fourth-order valence-electron chi connectivity index (χ4n) is 7.46. The average Bonchev–Trinajstić information content (AvgIpc) is 3.56. The van der Waals surface area contributed by atoms with E-state index in [1.165, 1.54) is 16.2 Å². The molecule has 0 spiro atoms. The van der Waals surface area contributed by atoms with Crippen LogP contribution in [0.4, 0.5) is 0 Å². The topological polar surface area (TPSA) is 38.9 Å². The van der Waals surface area contributed by atoms with Crippen LogP contribution in [0.3, 0.4) is 0 Å². The van der Waals surface area contributed by atoms with Crippen molar-refractivity contribution < 1.29 is 4.42 Å². The summed E-state index contributed by atoms with van der Waals surface area (Å²) in [5.41, 5.74) is 8.83. The summed E-state index contributed by atoms with van der Waals surface area (Å²) in [6, 6.07) is 59.6. The minimum atomic E-state index is 0.704. The van der Waals surface area contributed by atoms with Crippen LogP contribution in [0.5, 0.6) is 0 Å². The Balaban J connectivity index is 1.29. The number of aromatic nitrogens is 2. The molecule has 0 radical (unpaired) electrons. The van der Waals surface area contributed by atoms with Gasteiger partial charge in [0.1, 0.15) is 11.2 Å². The second-order valence-electron chi connectivity index (χ2n) is 12.5. The molecule has 8 aromatic carbocycles. The third kappa shape index (κ3) is 4.44. The molecule has 0 N–H and O–H groups in total. The lowest BCUT2D eigenvalue weighted by Gasteiger charge is -2.16. The highest BCUT2D eigenvalue weighted by atomic mass is 16.3. The van der Waals surface area contributed by atoms with Crippen LogP contribution in [-0.4, -0.2) is 9.97 Å². The summed E-state index contributed by atoms with van der Waals surface area (Å²) >= 11 is 0. The SMILES string of the molecule is c1ccc(-c2cc(-c3ccccc3-c3cccc4oc5ccccc5c34)nc(-c3c4ccccc4cc4c3ccc3ccccc34)n2)cc1. The summed E-state index contributed by atoms with van der Waals surface area (Å²) in [6.07, 6.45) is 0. The van der Waals surface area contributed by atoms with Crippen LogP contribution in [0.25, 0.3) is 99.3 Å². The Labute approximate surface area is 282 Å². The molecule has 3 nitrogen and oxygen atoms in total. The molecule has 0 atom stereocenters. The van der Waals surface area contributed by atoms with E-state index in [2.05, 4.69) is 146 Å². The Hall–Kier alpha value is -6.58. The van der Waals surface area contributed by atoms with Crippen molar-refractivity contribution in [3.63, 3.8) is 0 Å². The molecule has 228 valence electrons. The number of rotatable bonds is 4. The Kier molecular flexibility index (Phi) is 6.18. The van der Waals surface area contributed by atoms with Gasteiger partial charge in [-0.15, -0.1) is 0 Å². The van der Waals surface area contributed by atoms with Gasteiger partial charge in [0.25, 0.3) is 0 Å². The minimum absolute atomic E-state index is 0.704. The van der Waals surface area contributed by atoms with Crippen LogP contribution in [0.2, 0.25) is 0 Å². The molecule has 2 aromatic heterocycles. The predicted octanol–water partition coefficient (Wildman–Crippen LogP) is 12.5. The molecule has 3 heteroatoms. The minimum Gasteiger partial charge on any atom is -0.456 e. The lowest BCUT2D eigenvalue weighted by molar-refractivity contribution is 0.669. The van der Waals surface area contributed by atoms with Crippen molar-refractivity contribution in [2.45, 2.75) is 0 Å². The highest BCUT2D eigenvalue weighted by Crippen LogP contribution is 2.43. The van der Waals surface area contributed by atoms with Gasteiger partial charge < -0.3 is 4.42 Å². The Bertz CT molecular complexity index is 2890. The number of hydrogen-bond donors (Lipinski definition) is 0. The first-order valence-corrected chi connectivity index (χ1v) is 16.6. The van der Waals surface area contributed by atoms with E-state index in [1.807, 2.05) is 24.3 Å². The highest BCUT2D eigenvalue weighted by Gasteiger charge is 2.20. The molecule has 0 saturated heterocycles. The first kappa shape index (κ1) is 27.5. The molecule has 0 amide bonds. The molecule has 0 aliphatic rings. The maximum atomic E-state index is 6.30. The standard InChI is InChI=1S/C46H28N2O/c1-2-14-30(15-3-1)40-28-41(35-20-9-8-19-34(35)36-22-12-24-43-44(36)38-21-10-11-23-42(38)49-43)48-46(47-40)45-33-18-7-5-16-31(33)27-39-32-17-6-4-13-29(32)25-26-37(39)45/h1-28H. The first-order valence-electron chi connectivity index (χ1n) is 16.6. The van der Waals surface area contributed by atoms with Crippen LogP contribution in [0.1, 0.15) is 0 Å². The van der Waals surface area contributed by atoms with Crippen molar-refractivity contribution in [2.75, 3.05) is 0 Å².